The van der Waals surface area contributed by atoms with E-state index in [9.17, 15) is 14.7 Å². The number of ether oxygens (including phenoxy) is 2. The summed E-state index contributed by atoms with van der Waals surface area (Å²) in [5, 5.41) is 9.96. The van der Waals surface area contributed by atoms with Crippen LogP contribution in [0.3, 0.4) is 0 Å². The zero-order valence-corrected chi connectivity index (χ0v) is 26.9. The van der Waals surface area contributed by atoms with Gasteiger partial charge in [0.2, 0.25) is 0 Å². The molecule has 5 heteroatoms. The third kappa shape index (κ3) is 31.4. The van der Waals surface area contributed by atoms with Gasteiger partial charge in [0, 0.05) is 12.8 Å². The monoisotopic (exact) mass is 569 g/mol. The molecule has 1 N–H and O–H groups in total. The van der Waals surface area contributed by atoms with Gasteiger partial charge >= 0.3 is 11.9 Å². The second-order valence-corrected chi connectivity index (χ2v) is 12.0. The highest BCUT2D eigenvalue weighted by molar-refractivity contribution is 5.69. The van der Waals surface area contributed by atoms with Gasteiger partial charge < -0.3 is 14.6 Å². The summed E-state index contributed by atoms with van der Waals surface area (Å²) in [6, 6.07) is 0. The van der Waals surface area contributed by atoms with Crippen molar-refractivity contribution >= 4 is 11.9 Å². The Morgan fingerprint density at radius 3 is 0.900 bits per heavy atom. The summed E-state index contributed by atoms with van der Waals surface area (Å²) < 4.78 is 10.3. The molecule has 0 rings (SSSR count). The molecule has 0 radical (unpaired) electrons. The van der Waals surface area contributed by atoms with Crippen LogP contribution in [0.25, 0.3) is 0 Å². The Kier molecular flexibility index (Phi) is 31.5. The summed E-state index contributed by atoms with van der Waals surface area (Å²) in [5.74, 6) is -0.555. The number of aliphatic hydroxyl groups excluding tert-OH is 1. The van der Waals surface area contributed by atoms with Crippen LogP contribution in [0.5, 0.6) is 0 Å². The first-order valence-electron chi connectivity index (χ1n) is 17.6. The fraction of sp³-hybridized carbons (Fsp3) is 0.943. The van der Waals surface area contributed by atoms with Gasteiger partial charge in [-0.05, 0) is 12.8 Å². The molecule has 0 aliphatic heterocycles. The first-order chi connectivity index (χ1) is 19.6. The van der Waals surface area contributed by atoms with Crippen molar-refractivity contribution in [1.29, 1.82) is 0 Å². The summed E-state index contributed by atoms with van der Waals surface area (Å²) in [4.78, 5) is 23.8. The molecule has 1 atom stereocenters. The highest BCUT2D eigenvalue weighted by atomic mass is 16.6. The van der Waals surface area contributed by atoms with Gasteiger partial charge in [-0.2, -0.15) is 0 Å². The Balaban J connectivity index is 3.39. The van der Waals surface area contributed by atoms with Gasteiger partial charge in [0.05, 0.1) is 0 Å². The van der Waals surface area contributed by atoms with E-state index >= 15 is 0 Å². The normalized spacial score (nSPS) is 12.0. The lowest BCUT2D eigenvalue weighted by Crippen LogP contribution is -2.25. The molecule has 0 spiro atoms. The van der Waals surface area contributed by atoms with Crippen LogP contribution in [0.15, 0.2) is 0 Å². The number of unbranched alkanes of at least 4 members (excludes halogenated alkanes) is 24. The maximum Gasteiger partial charge on any atom is 0.305 e. The second-order valence-electron chi connectivity index (χ2n) is 12.0. The third-order valence-electron chi connectivity index (χ3n) is 7.84. The topological polar surface area (TPSA) is 72.8 Å². The quantitative estimate of drug-likeness (QED) is 0.0645. The first kappa shape index (κ1) is 38.9. The zero-order chi connectivity index (χ0) is 29.4. The molecule has 5 nitrogen and oxygen atoms in total. The van der Waals surface area contributed by atoms with Crippen LogP contribution < -0.4 is 0 Å². The lowest BCUT2D eigenvalue weighted by molar-refractivity contribution is -0.152. The minimum atomic E-state index is -0.953. The van der Waals surface area contributed by atoms with Crippen LogP contribution in [-0.2, 0) is 19.1 Å². The van der Waals surface area contributed by atoms with Crippen molar-refractivity contribution < 1.29 is 24.2 Å². The standard InChI is InChI=1S/C35H68O5/c1-3-5-7-9-11-13-15-16-17-18-20-22-24-26-28-30-35(38)40-32-33(36)31-39-34(37)29-27-25-23-21-19-14-12-10-8-6-4-2/h33,36H,3-32H2,1-2H3. The van der Waals surface area contributed by atoms with Gasteiger partial charge in [0.15, 0.2) is 0 Å². The number of hydrogen-bond donors (Lipinski definition) is 1. The van der Waals surface area contributed by atoms with Gasteiger partial charge in [0.25, 0.3) is 0 Å². The number of hydrogen-bond acceptors (Lipinski definition) is 5. The molecule has 0 heterocycles. The Morgan fingerprint density at radius 1 is 0.425 bits per heavy atom. The van der Waals surface area contributed by atoms with E-state index in [2.05, 4.69) is 13.8 Å². The smallest absolute Gasteiger partial charge is 0.305 e. The largest absolute Gasteiger partial charge is 0.463 e. The van der Waals surface area contributed by atoms with E-state index in [0.29, 0.717) is 12.8 Å². The van der Waals surface area contributed by atoms with E-state index in [0.717, 1.165) is 25.7 Å². The first-order valence-corrected chi connectivity index (χ1v) is 17.6. The molecule has 0 fully saturated rings. The molecule has 1 unspecified atom stereocenters. The van der Waals surface area contributed by atoms with Crippen molar-refractivity contribution in [2.45, 2.75) is 200 Å². The van der Waals surface area contributed by atoms with Crippen molar-refractivity contribution in [2.75, 3.05) is 13.2 Å². The van der Waals surface area contributed by atoms with E-state index < -0.39 is 6.10 Å². The maximum atomic E-state index is 11.9. The summed E-state index contributed by atoms with van der Waals surface area (Å²) in [6.45, 7) is 4.30. The molecule has 0 bridgehead atoms. The highest BCUT2D eigenvalue weighted by Gasteiger charge is 2.12. The summed E-state index contributed by atoms with van der Waals surface area (Å²) >= 11 is 0. The molecule has 0 saturated carbocycles. The predicted molar refractivity (Wildman–Crippen MR) is 169 cm³/mol. The van der Waals surface area contributed by atoms with Crippen LogP contribution in [0.1, 0.15) is 194 Å². The SMILES string of the molecule is CCCCCCCCCCCCCCCCCC(=O)OCC(O)COC(=O)CCCCCCCCCCCCC. The lowest BCUT2D eigenvalue weighted by Gasteiger charge is -2.12. The molecule has 0 aliphatic carbocycles. The van der Waals surface area contributed by atoms with Crippen molar-refractivity contribution in [3.8, 4) is 0 Å². The average molecular weight is 569 g/mol. The third-order valence-corrected chi connectivity index (χ3v) is 7.84. The molecule has 0 amide bonds. The van der Waals surface area contributed by atoms with E-state index in [1.54, 1.807) is 0 Å². The van der Waals surface area contributed by atoms with Gasteiger partial charge in [-0.15, -0.1) is 0 Å². The Bertz CT molecular complexity index is 536. The van der Waals surface area contributed by atoms with Crippen LogP contribution in [0, 0.1) is 0 Å². The molecule has 0 aromatic rings. The fourth-order valence-electron chi connectivity index (χ4n) is 5.14. The molecular formula is C35H68O5. The number of rotatable bonds is 32. The van der Waals surface area contributed by atoms with Crippen LogP contribution in [0.2, 0.25) is 0 Å². The minimum absolute atomic E-state index is 0.108. The Morgan fingerprint density at radius 2 is 0.650 bits per heavy atom. The predicted octanol–water partition coefficient (Wildman–Crippen LogP) is 10.4. The van der Waals surface area contributed by atoms with Crippen molar-refractivity contribution in [1.82, 2.24) is 0 Å². The average Bonchev–Trinajstić information content (AvgIpc) is 2.95. The summed E-state index contributed by atoms with van der Waals surface area (Å²) in [6.07, 6.45) is 32.9. The second kappa shape index (κ2) is 32.4. The van der Waals surface area contributed by atoms with Crippen molar-refractivity contribution in [3.05, 3.63) is 0 Å². The molecule has 0 saturated heterocycles. The molecular weight excluding hydrogens is 500 g/mol. The molecule has 0 aromatic heterocycles. The molecule has 0 aliphatic rings. The number of aliphatic hydroxyl groups is 1. The van der Waals surface area contributed by atoms with E-state index in [1.807, 2.05) is 0 Å². The van der Waals surface area contributed by atoms with Crippen LogP contribution in [0.4, 0.5) is 0 Å². The number of carbonyl (C=O) groups is 2. The van der Waals surface area contributed by atoms with E-state index in [1.165, 1.54) is 141 Å². The summed E-state index contributed by atoms with van der Waals surface area (Å²) in [7, 11) is 0. The van der Waals surface area contributed by atoms with E-state index in [4.69, 9.17) is 9.47 Å². The van der Waals surface area contributed by atoms with Gasteiger partial charge in [-0.25, -0.2) is 0 Å². The number of esters is 2. The zero-order valence-electron chi connectivity index (χ0n) is 26.9. The lowest BCUT2D eigenvalue weighted by atomic mass is 10.0. The highest BCUT2D eigenvalue weighted by Crippen LogP contribution is 2.14. The van der Waals surface area contributed by atoms with Crippen LogP contribution in [-0.4, -0.2) is 36.4 Å². The van der Waals surface area contributed by atoms with Gasteiger partial charge in [-0.3, -0.25) is 9.59 Å². The molecule has 0 aromatic carbocycles. The summed E-state index contributed by atoms with van der Waals surface area (Å²) in [5.41, 5.74) is 0. The molecule has 238 valence electrons. The van der Waals surface area contributed by atoms with Gasteiger partial charge in [-0.1, -0.05) is 168 Å². The number of carbonyl (C=O) groups excluding carboxylic acids is 2. The minimum Gasteiger partial charge on any atom is -0.463 e. The van der Waals surface area contributed by atoms with Crippen molar-refractivity contribution in [3.63, 3.8) is 0 Å². The maximum absolute atomic E-state index is 11.9. The molecule has 40 heavy (non-hydrogen) atoms. The van der Waals surface area contributed by atoms with Crippen molar-refractivity contribution in [2.24, 2.45) is 0 Å². The fourth-order valence-corrected chi connectivity index (χ4v) is 5.14. The van der Waals surface area contributed by atoms with E-state index in [-0.39, 0.29) is 25.2 Å². The Hall–Kier alpha value is -1.10. The van der Waals surface area contributed by atoms with Gasteiger partial charge in [0.1, 0.15) is 19.3 Å². The van der Waals surface area contributed by atoms with Crippen LogP contribution >= 0.6 is 0 Å². The Labute approximate surface area is 248 Å².